The molecule has 1 aliphatic heterocycles. The number of methoxy groups -OCH3 is 2. The van der Waals surface area contributed by atoms with Crippen LogP contribution >= 0.6 is 0 Å². The quantitative estimate of drug-likeness (QED) is 0.786. The number of benzene rings is 2. The van der Waals surface area contributed by atoms with Gasteiger partial charge in [-0.15, -0.1) is 0 Å². The standard InChI is InChI=1S/C16H17NO5S/c1-11-4-6-15(7-5-11)23(18,19)17-16(22-17)12-8-13(20-2)10-14(9-12)21-3/h4-10,16H,1-3H3/t16-,17?/m1/s1. The van der Waals surface area contributed by atoms with E-state index in [1.807, 2.05) is 6.92 Å². The lowest BCUT2D eigenvalue weighted by molar-refractivity contribution is 0.283. The maximum absolute atomic E-state index is 12.5. The van der Waals surface area contributed by atoms with E-state index in [-0.39, 0.29) is 4.90 Å². The molecule has 1 saturated heterocycles. The molecule has 122 valence electrons. The molecule has 3 rings (SSSR count). The molecule has 0 amide bonds. The zero-order valence-corrected chi connectivity index (χ0v) is 13.8. The van der Waals surface area contributed by atoms with Crippen molar-refractivity contribution in [3.05, 3.63) is 53.6 Å². The normalized spacial score (nSPS) is 20.1. The fraction of sp³-hybridized carbons (Fsp3) is 0.250. The van der Waals surface area contributed by atoms with E-state index in [4.69, 9.17) is 14.3 Å². The highest BCUT2D eigenvalue weighted by Gasteiger charge is 2.49. The summed E-state index contributed by atoms with van der Waals surface area (Å²) in [5.41, 5.74) is 1.64. The molecule has 2 atom stereocenters. The summed E-state index contributed by atoms with van der Waals surface area (Å²) in [5.74, 6) is 1.14. The summed E-state index contributed by atoms with van der Waals surface area (Å²) in [6, 6.07) is 11.8. The molecule has 0 aliphatic carbocycles. The molecule has 0 saturated carbocycles. The highest BCUT2D eigenvalue weighted by molar-refractivity contribution is 7.89. The molecule has 1 fully saturated rings. The van der Waals surface area contributed by atoms with Crippen LogP contribution in [0.4, 0.5) is 0 Å². The highest BCUT2D eigenvalue weighted by Crippen LogP contribution is 2.44. The third kappa shape index (κ3) is 3.03. The van der Waals surface area contributed by atoms with Crippen LogP contribution in [0, 0.1) is 6.92 Å². The monoisotopic (exact) mass is 335 g/mol. The van der Waals surface area contributed by atoms with Crippen molar-refractivity contribution in [2.75, 3.05) is 14.2 Å². The van der Waals surface area contributed by atoms with Crippen molar-refractivity contribution in [3.63, 3.8) is 0 Å². The van der Waals surface area contributed by atoms with Gasteiger partial charge in [0.1, 0.15) is 11.5 Å². The van der Waals surface area contributed by atoms with Crippen LogP contribution < -0.4 is 9.47 Å². The molecule has 0 radical (unpaired) electrons. The van der Waals surface area contributed by atoms with Crippen molar-refractivity contribution in [2.24, 2.45) is 0 Å². The minimum atomic E-state index is -3.69. The van der Waals surface area contributed by atoms with Gasteiger partial charge in [0.2, 0.25) is 0 Å². The summed E-state index contributed by atoms with van der Waals surface area (Å²) in [6.45, 7) is 1.90. The Bertz CT molecular complexity index is 795. The molecule has 7 heteroatoms. The number of rotatable bonds is 5. The number of ether oxygens (including phenoxy) is 2. The number of hydrogen-bond acceptors (Lipinski definition) is 5. The largest absolute Gasteiger partial charge is 0.497 e. The second-order valence-electron chi connectivity index (χ2n) is 5.18. The molecule has 1 unspecified atom stereocenters. The van der Waals surface area contributed by atoms with Gasteiger partial charge in [-0.1, -0.05) is 17.7 Å². The van der Waals surface area contributed by atoms with Crippen LogP contribution in [0.25, 0.3) is 0 Å². The second-order valence-corrected chi connectivity index (χ2v) is 6.96. The van der Waals surface area contributed by atoms with Crippen molar-refractivity contribution in [1.82, 2.24) is 4.47 Å². The molecule has 0 N–H and O–H groups in total. The molecule has 23 heavy (non-hydrogen) atoms. The van der Waals surface area contributed by atoms with Crippen molar-refractivity contribution in [3.8, 4) is 11.5 Å². The van der Waals surface area contributed by atoms with Gasteiger partial charge in [0.05, 0.1) is 19.1 Å². The molecule has 1 aliphatic rings. The molecular weight excluding hydrogens is 318 g/mol. The molecule has 2 aromatic rings. The maximum atomic E-state index is 12.5. The van der Waals surface area contributed by atoms with Crippen LogP contribution in [-0.4, -0.2) is 27.1 Å². The number of sulfonamides is 1. The molecular formula is C16H17NO5S. The summed E-state index contributed by atoms with van der Waals surface area (Å²) in [6.07, 6.45) is -0.676. The Morgan fingerprint density at radius 3 is 2.09 bits per heavy atom. The zero-order chi connectivity index (χ0) is 16.6. The average molecular weight is 335 g/mol. The Hall–Kier alpha value is -2.09. The Morgan fingerprint density at radius 1 is 1.00 bits per heavy atom. The molecule has 2 aromatic carbocycles. The molecule has 0 bridgehead atoms. The molecule has 1 heterocycles. The van der Waals surface area contributed by atoms with Gasteiger partial charge in [-0.25, -0.2) is 8.42 Å². The van der Waals surface area contributed by atoms with E-state index < -0.39 is 16.3 Å². The lowest BCUT2D eigenvalue weighted by Gasteiger charge is -2.07. The number of hydroxylamine groups is 1. The number of aryl methyl sites for hydroxylation is 1. The SMILES string of the molecule is COc1cc(OC)cc([C@H]2ON2S(=O)(=O)c2ccc(C)cc2)c1. The van der Waals surface area contributed by atoms with Gasteiger partial charge in [-0.3, -0.25) is 4.84 Å². The van der Waals surface area contributed by atoms with Crippen LogP contribution in [0.1, 0.15) is 17.4 Å². The first-order valence-electron chi connectivity index (χ1n) is 6.96. The predicted octanol–water partition coefficient (Wildman–Crippen LogP) is 2.65. The summed E-state index contributed by atoms with van der Waals surface area (Å²) >= 11 is 0. The fourth-order valence-electron chi connectivity index (χ4n) is 2.22. The Balaban J connectivity index is 1.88. The van der Waals surface area contributed by atoms with Crippen molar-refractivity contribution in [2.45, 2.75) is 18.0 Å². The second kappa shape index (κ2) is 5.84. The van der Waals surface area contributed by atoms with Crippen molar-refractivity contribution in [1.29, 1.82) is 0 Å². The Morgan fingerprint density at radius 2 is 1.57 bits per heavy atom. The number of nitrogens with zero attached hydrogens (tertiary/aromatic N) is 1. The van der Waals surface area contributed by atoms with E-state index in [0.717, 1.165) is 10.0 Å². The van der Waals surface area contributed by atoms with E-state index in [9.17, 15) is 8.42 Å². The lowest BCUT2D eigenvalue weighted by atomic mass is 10.2. The first kappa shape index (κ1) is 15.8. The van der Waals surface area contributed by atoms with Gasteiger partial charge >= 0.3 is 0 Å². The summed E-state index contributed by atoms with van der Waals surface area (Å²) in [4.78, 5) is 5.48. The average Bonchev–Trinajstić information content (AvgIpc) is 3.36. The van der Waals surface area contributed by atoms with Crippen LogP contribution in [0.15, 0.2) is 47.4 Å². The van der Waals surface area contributed by atoms with Crippen molar-refractivity contribution >= 4 is 10.0 Å². The van der Waals surface area contributed by atoms with E-state index in [2.05, 4.69) is 0 Å². The molecule has 6 nitrogen and oxygen atoms in total. The summed E-state index contributed by atoms with van der Waals surface area (Å²) in [5, 5.41) is 0. The third-order valence-electron chi connectivity index (χ3n) is 3.56. The highest BCUT2D eigenvalue weighted by atomic mass is 32.2. The Labute approximate surface area is 135 Å². The number of hydrogen-bond donors (Lipinski definition) is 0. The molecule has 0 aromatic heterocycles. The third-order valence-corrected chi connectivity index (χ3v) is 5.18. The Kier molecular flexibility index (Phi) is 4.01. The summed E-state index contributed by atoms with van der Waals surface area (Å²) in [7, 11) is -0.620. The molecule has 0 spiro atoms. The lowest BCUT2D eigenvalue weighted by Crippen LogP contribution is -2.12. The van der Waals surface area contributed by atoms with E-state index in [1.165, 1.54) is 14.2 Å². The van der Waals surface area contributed by atoms with Crippen LogP contribution in [-0.2, 0) is 14.9 Å². The van der Waals surface area contributed by atoms with Gasteiger partial charge in [0.25, 0.3) is 10.0 Å². The first-order chi connectivity index (χ1) is 11.0. The van der Waals surface area contributed by atoms with Gasteiger partial charge in [-0.2, -0.15) is 0 Å². The van der Waals surface area contributed by atoms with E-state index >= 15 is 0 Å². The van der Waals surface area contributed by atoms with Gasteiger partial charge in [0, 0.05) is 11.6 Å². The van der Waals surface area contributed by atoms with Gasteiger partial charge in [0.15, 0.2) is 6.23 Å². The minimum Gasteiger partial charge on any atom is -0.497 e. The van der Waals surface area contributed by atoms with Crippen molar-refractivity contribution < 1.29 is 22.7 Å². The zero-order valence-electron chi connectivity index (χ0n) is 13.0. The topological polar surface area (TPSA) is 68.1 Å². The van der Waals surface area contributed by atoms with E-state index in [1.54, 1.807) is 42.5 Å². The van der Waals surface area contributed by atoms with Gasteiger partial charge < -0.3 is 9.47 Å². The van der Waals surface area contributed by atoms with Crippen LogP contribution in [0.2, 0.25) is 0 Å². The van der Waals surface area contributed by atoms with Crippen LogP contribution in [0.3, 0.4) is 0 Å². The summed E-state index contributed by atoms with van der Waals surface area (Å²) < 4.78 is 36.4. The van der Waals surface area contributed by atoms with Crippen LogP contribution in [0.5, 0.6) is 11.5 Å². The maximum Gasteiger partial charge on any atom is 0.267 e. The predicted molar refractivity (Wildman–Crippen MR) is 83.6 cm³/mol. The smallest absolute Gasteiger partial charge is 0.267 e. The van der Waals surface area contributed by atoms with E-state index in [0.29, 0.717) is 17.1 Å². The van der Waals surface area contributed by atoms with Gasteiger partial charge in [-0.05, 0) is 35.7 Å². The fourth-order valence-corrected chi connectivity index (χ4v) is 3.48. The minimum absolute atomic E-state index is 0.195. The first-order valence-corrected chi connectivity index (χ1v) is 8.40.